The second kappa shape index (κ2) is 11.4. The van der Waals surface area contributed by atoms with Crippen LogP contribution in [0.25, 0.3) is 10.9 Å². The molecule has 10 heteroatoms. The van der Waals surface area contributed by atoms with Gasteiger partial charge in [0.25, 0.3) is 0 Å². The van der Waals surface area contributed by atoms with Gasteiger partial charge in [-0.05, 0) is 85.9 Å². The van der Waals surface area contributed by atoms with E-state index < -0.39 is 17.9 Å². The van der Waals surface area contributed by atoms with Crippen molar-refractivity contribution in [2.45, 2.75) is 140 Å². The number of fused-ring (bicyclic) bond motifs is 2. The first-order valence-corrected chi connectivity index (χ1v) is 16.0. The number of nitrogens with zero attached hydrogens (tertiary/aromatic N) is 1. The van der Waals surface area contributed by atoms with Gasteiger partial charge in [0.05, 0.1) is 17.8 Å². The van der Waals surface area contributed by atoms with Gasteiger partial charge in [0.15, 0.2) is 17.9 Å². The lowest BCUT2D eigenvalue weighted by molar-refractivity contribution is -0.236. The molecule has 5 heterocycles. The summed E-state index contributed by atoms with van der Waals surface area (Å²) in [6, 6.07) is 8.76. The zero-order chi connectivity index (χ0) is 30.8. The van der Waals surface area contributed by atoms with Crippen molar-refractivity contribution < 1.29 is 37.7 Å². The molecule has 0 amide bonds. The molecule has 6 rings (SSSR count). The Balaban J connectivity index is 1.09. The van der Waals surface area contributed by atoms with E-state index >= 15 is 0 Å². The van der Waals surface area contributed by atoms with Crippen LogP contribution in [0.1, 0.15) is 92.5 Å². The average Bonchev–Trinajstić information content (AvgIpc) is 3.67. The molecular formula is C33H50BNO8. The Bertz CT molecular complexity index is 1270. The number of rotatable bonds is 10. The minimum Gasteiger partial charge on any atom is -0.403 e. The van der Waals surface area contributed by atoms with E-state index in [1.807, 2.05) is 27.7 Å². The van der Waals surface area contributed by atoms with Crippen molar-refractivity contribution in [2.75, 3.05) is 13.2 Å². The molecule has 1 aromatic heterocycles. The second-order valence-electron chi connectivity index (χ2n) is 14.6. The summed E-state index contributed by atoms with van der Waals surface area (Å²) in [6.45, 7) is 17.2. The zero-order valence-electron chi connectivity index (χ0n) is 27.4. The number of unbranched alkanes of at least 4 members (excludes halogenated alkanes) is 2. The van der Waals surface area contributed by atoms with Gasteiger partial charge in [0, 0.05) is 36.6 Å². The summed E-state index contributed by atoms with van der Waals surface area (Å²) in [5.74, 6) is -1.23. The van der Waals surface area contributed by atoms with Crippen LogP contribution in [-0.4, -0.2) is 78.4 Å². The molecule has 0 N–H and O–H groups in total. The van der Waals surface area contributed by atoms with Crippen molar-refractivity contribution >= 4 is 18.0 Å². The Morgan fingerprint density at radius 1 is 0.884 bits per heavy atom. The zero-order valence-corrected chi connectivity index (χ0v) is 27.4. The maximum atomic E-state index is 6.60. The van der Waals surface area contributed by atoms with Crippen LogP contribution in [-0.2, 0) is 44.8 Å². The highest BCUT2D eigenvalue weighted by atomic mass is 16.8. The van der Waals surface area contributed by atoms with Gasteiger partial charge in [-0.15, -0.1) is 0 Å². The Morgan fingerprint density at radius 2 is 1.63 bits per heavy atom. The average molecular weight is 600 g/mol. The maximum absolute atomic E-state index is 6.60. The van der Waals surface area contributed by atoms with Crippen molar-refractivity contribution in [3.8, 4) is 0 Å². The van der Waals surface area contributed by atoms with E-state index in [2.05, 4.69) is 69.8 Å². The van der Waals surface area contributed by atoms with Crippen molar-refractivity contribution in [2.24, 2.45) is 7.05 Å². The first kappa shape index (κ1) is 31.5. The summed E-state index contributed by atoms with van der Waals surface area (Å²) >= 11 is 0. The topological polar surface area (TPSA) is 78.8 Å². The molecule has 9 nitrogen and oxygen atoms in total. The van der Waals surface area contributed by atoms with Gasteiger partial charge in [-0.1, -0.05) is 25.0 Å². The standard InChI is InChI=1S/C33H50BNO8/c1-30(2)31(3,4)43-34(42-30)23(21-14-13-16-24-22(21)17-18-35(24)9)15-11-10-12-19-36-27-26(25-20-37-32(5,6)39-25)38-29-28(27)40-33(7,8)41-29/h13-14,16-18,23,25-29H,10-12,15,19-20H2,1-9H3/t23-,25-,26+,27-,28+,29+/m1/s1. The predicted molar refractivity (Wildman–Crippen MR) is 164 cm³/mol. The van der Waals surface area contributed by atoms with Crippen LogP contribution in [0.5, 0.6) is 0 Å². The van der Waals surface area contributed by atoms with E-state index in [1.165, 1.54) is 16.5 Å². The molecule has 4 aliphatic heterocycles. The fraction of sp³-hybridized carbons (Fsp3) is 0.758. The summed E-state index contributed by atoms with van der Waals surface area (Å²) in [7, 11) is 1.79. The SMILES string of the molecule is Cn1ccc2c([C@@H](CCCCCO[C@H]3[C@@H]4OC(C)(C)O[C@@H]4O[C@H]3[C@H]3COC(C)(C)O3)B3OC(C)(C)C(C)(C)O3)cccc21. The lowest BCUT2D eigenvalue weighted by Crippen LogP contribution is -2.44. The molecule has 0 unspecified atom stereocenters. The number of benzene rings is 1. The lowest BCUT2D eigenvalue weighted by atomic mass is 9.65. The van der Waals surface area contributed by atoms with Gasteiger partial charge < -0.3 is 42.3 Å². The molecule has 0 saturated carbocycles. The van der Waals surface area contributed by atoms with E-state index in [1.54, 1.807) is 0 Å². The number of aryl methyl sites for hydroxylation is 1. The van der Waals surface area contributed by atoms with Gasteiger partial charge in [-0.2, -0.15) is 0 Å². The van der Waals surface area contributed by atoms with Crippen LogP contribution in [0.4, 0.5) is 0 Å². The van der Waals surface area contributed by atoms with Crippen molar-refractivity contribution in [3.63, 3.8) is 0 Å². The smallest absolute Gasteiger partial charge is 0.403 e. The van der Waals surface area contributed by atoms with E-state index in [-0.39, 0.29) is 48.6 Å². The van der Waals surface area contributed by atoms with E-state index in [0.29, 0.717) is 13.2 Å². The highest BCUT2D eigenvalue weighted by Crippen LogP contribution is 2.44. The molecule has 0 spiro atoms. The Kier molecular flexibility index (Phi) is 8.34. The van der Waals surface area contributed by atoms with E-state index in [4.69, 9.17) is 37.7 Å². The molecule has 4 fully saturated rings. The van der Waals surface area contributed by atoms with Gasteiger partial charge in [-0.25, -0.2) is 0 Å². The molecule has 2 aromatic rings. The second-order valence-corrected chi connectivity index (χ2v) is 14.6. The van der Waals surface area contributed by atoms with Crippen LogP contribution in [0.3, 0.4) is 0 Å². The number of hydrogen-bond acceptors (Lipinski definition) is 8. The molecule has 0 radical (unpaired) electrons. The van der Waals surface area contributed by atoms with E-state index in [9.17, 15) is 0 Å². The highest BCUT2D eigenvalue weighted by Gasteiger charge is 2.59. The Morgan fingerprint density at radius 3 is 2.33 bits per heavy atom. The Labute approximate surface area is 256 Å². The molecule has 43 heavy (non-hydrogen) atoms. The number of hydrogen-bond donors (Lipinski definition) is 0. The van der Waals surface area contributed by atoms with E-state index in [0.717, 1.165) is 25.7 Å². The third kappa shape index (κ3) is 6.19. The molecule has 238 valence electrons. The molecule has 1 aromatic carbocycles. The Hall–Kier alpha value is -1.50. The molecule has 6 atom stereocenters. The number of ether oxygens (including phenoxy) is 6. The van der Waals surface area contributed by atoms with Crippen molar-refractivity contribution in [3.05, 3.63) is 36.0 Å². The quantitative estimate of drug-likeness (QED) is 0.248. The van der Waals surface area contributed by atoms with Crippen LogP contribution >= 0.6 is 0 Å². The van der Waals surface area contributed by atoms with Gasteiger partial charge in [0.1, 0.15) is 24.4 Å². The van der Waals surface area contributed by atoms with Crippen molar-refractivity contribution in [1.29, 1.82) is 0 Å². The van der Waals surface area contributed by atoms with Gasteiger partial charge in [0.2, 0.25) is 0 Å². The minimum absolute atomic E-state index is 0.121. The fourth-order valence-electron chi connectivity index (χ4n) is 6.87. The summed E-state index contributed by atoms with van der Waals surface area (Å²) < 4.78 is 52.4. The van der Waals surface area contributed by atoms with Gasteiger partial charge >= 0.3 is 7.12 Å². The van der Waals surface area contributed by atoms with Crippen molar-refractivity contribution in [1.82, 2.24) is 4.57 Å². The summed E-state index contributed by atoms with van der Waals surface area (Å²) in [6.07, 6.45) is 4.44. The third-order valence-corrected chi connectivity index (χ3v) is 9.85. The largest absolute Gasteiger partial charge is 0.465 e. The molecular weight excluding hydrogens is 549 g/mol. The maximum Gasteiger partial charge on any atom is 0.465 e. The predicted octanol–water partition coefficient (Wildman–Crippen LogP) is 5.87. The summed E-state index contributed by atoms with van der Waals surface area (Å²) in [5.41, 5.74) is 1.75. The molecule has 0 bridgehead atoms. The third-order valence-electron chi connectivity index (χ3n) is 9.85. The minimum atomic E-state index is -0.710. The first-order valence-electron chi connectivity index (χ1n) is 16.0. The highest BCUT2D eigenvalue weighted by molar-refractivity contribution is 6.48. The van der Waals surface area contributed by atoms with Crippen LogP contribution in [0.2, 0.25) is 0 Å². The van der Waals surface area contributed by atoms with Crippen LogP contribution < -0.4 is 0 Å². The number of aromatic nitrogens is 1. The lowest BCUT2D eigenvalue weighted by Gasteiger charge is -2.32. The molecule has 4 aliphatic rings. The van der Waals surface area contributed by atoms with Crippen LogP contribution in [0.15, 0.2) is 30.5 Å². The normalized spacial score (nSPS) is 33.0. The molecule has 4 saturated heterocycles. The summed E-state index contributed by atoms with van der Waals surface area (Å²) in [5, 5.41) is 1.26. The first-order chi connectivity index (χ1) is 20.2. The monoisotopic (exact) mass is 599 g/mol. The van der Waals surface area contributed by atoms with Gasteiger partial charge in [-0.3, -0.25) is 0 Å². The fourth-order valence-corrected chi connectivity index (χ4v) is 6.87. The van der Waals surface area contributed by atoms with Crippen LogP contribution in [0, 0.1) is 0 Å². The summed E-state index contributed by atoms with van der Waals surface area (Å²) in [4.78, 5) is 0. The molecule has 0 aliphatic carbocycles.